The molecule has 158 valence electrons. The minimum atomic E-state index is -3.80. The second-order valence-electron chi connectivity index (χ2n) is 7.48. The Morgan fingerprint density at radius 1 is 1.07 bits per heavy atom. The number of anilines is 1. The Labute approximate surface area is 178 Å². The van der Waals surface area contributed by atoms with E-state index in [4.69, 9.17) is 4.98 Å². The molecule has 0 bridgehead atoms. The first-order valence-corrected chi connectivity index (χ1v) is 12.1. The van der Waals surface area contributed by atoms with Gasteiger partial charge in [0.2, 0.25) is 5.91 Å². The maximum absolute atomic E-state index is 13.0. The van der Waals surface area contributed by atoms with Crippen molar-refractivity contribution in [3.05, 3.63) is 53.3 Å². The summed E-state index contributed by atoms with van der Waals surface area (Å²) in [5, 5.41) is 0.918. The molecular formula is C21H22FN3O3S2. The molecule has 0 radical (unpaired) electrons. The molecule has 0 aliphatic carbocycles. The number of benzene rings is 2. The molecule has 0 saturated carbocycles. The molecule has 1 amide bonds. The number of carbonyl (C=O) groups is 1. The summed E-state index contributed by atoms with van der Waals surface area (Å²) in [6.45, 7) is 6.22. The lowest BCUT2D eigenvalue weighted by molar-refractivity contribution is -0.128. The predicted molar refractivity (Wildman–Crippen MR) is 116 cm³/mol. The molecule has 1 saturated heterocycles. The Bertz CT molecular complexity index is 1160. The molecule has 0 N–H and O–H groups in total. The van der Waals surface area contributed by atoms with E-state index in [2.05, 4.69) is 30.9 Å². The molecule has 1 aliphatic heterocycles. The Morgan fingerprint density at radius 3 is 2.37 bits per heavy atom. The van der Waals surface area contributed by atoms with Crippen LogP contribution in [0.1, 0.15) is 11.1 Å². The van der Waals surface area contributed by atoms with Gasteiger partial charge in [0.1, 0.15) is 11.6 Å². The summed E-state index contributed by atoms with van der Waals surface area (Å²) in [7, 11) is -3.80. The maximum Gasteiger partial charge on any atom is 0.238 e. The van der Waals surface area contributed by atoms with Gasteiger partial charge in [0, 0.05) is 26.2 Å². The van der Waals surface area contributed by atoms with Gasteiger partial charge in [0.05, 0.1) is 15.1 Å². The highest BCUT2D eigenvalue weighted by Crippen LogP contribution is 2.31. The maximum atomic E-state index is 13.0. The minimum absolute atomic E-state index is 0.0454. The van der Waals surface area contributed by atoms with Gasteiger partial charge in [-0.3, -0.25) is 4.79 Å². The van der Waals surface area contributed by atoms with Gasteiger partial charge in [0.15, 0.2) is 15.0 Å². The van der Waals surface area contributed by atoms with Gasteiger partial charge in [0.25, 0.3) is 0 Å². The molecule has 1 aromatic heterocycles. The lowest BCUT2D eigenvalue weighted by Crippen LogP contribution is -2.50. The molecule has 3 aromatic rings. The first-order chi connectivity index (χ1) is 14.2. The van der Waals surface area contributed by atoms with E-state index in [1.54, 1.807) is 16.2 Å². The zero-order valence-corrected chi connectivity index (χ0v) is 18.4. The van der Waals surface area contributed by atoms with Crippen LogP contribution in [-0.4, -0.2) is 56.1 Å². The highest BCUT2D eigenvalue weighted by atomic mass is 32.2. The number of carbonyl (C=O) groups excluding carboxylic acids is 1. The van der Waals surface area contributed by atoms with Crippen molar-refractivity contribution in [3.8, 4) is 0 Å². The molecule has 0 atom stereocenters. The zero-order valence-electron chi connectivity index (χ0n) is 16.8. The van der Waals surface area contributed by atoms with Crippen molar-refractivity contribution in [2.75, 3.05) is 36.8 Å². The van der Waals surface area contributed by atoms with Gasteiger partial charge < -0.3 is 9.80 Å². The number of piperazine rings is 1. The minimum Gasteiger partial charge on any atom is -0.345 e. The summed E-state index contributed by atoms with van der Waals surface area (Å²) in [5.41, 5.74) is 3.41. The number of aryl methyl sites for hydroxylation is 2. The summed E-state index contributed by atoms with van der Waals surface area (Å²) >= 11 is 1.63. The largest absolute Gasteiger partial charge is 0.345 e. The van der Waals surface area contributed by atoms with E-state index in [0.29, 0.717) is 26.2 Å². The smallest absolute Gasteiger partial charge is 0.238 e. The average molecular weight is 448 g/mol. The first-order valence-electron chi connectivity index (χ1n) is 9.62. The van der Waals surface area contributed by atoms with Gasteiger partial charge in [-0.15, -0.1) is 0 Å². The van der Waals surface area contributed by atoms with Crippen molar-refractivity contribution >= 4 is 42.4 Å². The molecule has 0 unspecified atom stereocenters. The molecule has 0 spiro atoms. The van der Waals surface area contributed by atoms with Crippen molar-refractivity contribution in [1.82, 2.24) is 9.88 Å². The summed E-state index contributed by atoms with van der Waals surface area (Å²) in [4.78, 5) is 20.9. The van der Waals surface area contributed by atoms with Crippen LogP contribution in [0, 0.1) is 19.7 Å². The van der Waals surface area contributed by atoms with Crippen LogP contribution in [0.15, 0.2) is 41.3 Å². The number of aromatic nitrogens is 1. The second kappa shape index (κ2) is 7.96. The van der Waals surface area contributed by atoms with Crippen molar-refractivity contribution in [1.29, 1.82) is 0 Å². The van der Waals surface area contributed by atoms with E-state index < -0.39 is 27.3 Å². The van der Waals surface area contributed by atoms with Crippen LogP contribution < -0.4 is 4.90 Å². The standard InChI is InChI=1S/C21H22FN3O3S2/c1-14-11-18-19(12-15(14)2)29-21(23-18)25-9-7-24(8-10-25)20(26)13-30(27,28)17-5-3-16(22)4-6-17/h3-6,11-12H,7-10,13H2,1-2H3. The normalized spacial score (nSPS) is 15.0. The van der Waals surface area contributed by atoms with Crippen LogP contribution in [0.5, 0.6) is 0 Å². The lowest BCUT2D eigenvalue weighted by atomic mass is 10.1. The number of nitrogens with zero attached hydrogens (tertiary/aromatic N) is 3. The highest BCUT2D eigenvalue weighted by Gasteiger charge is 2.27. The number of halogens is 1. The SMILES string of the molecule is Cc1cc2nc(N3CCN(C(=O)CS(=O)(=O)c4ccc(F)cc4)CC3)sc2cc1C. The van der Waals surface area contributed by atoms with Gasteiger partial charge in [-0.25, -0.2) is 17.8 Å². The Morgan fingerprint density at radius 2 is 1.70 bits per heavy atom. The lowest BCUT2D eigenvalue weighted by Gasteiger charge is -2.34. The Hall–Kier alpha value is -2.52. The zero-order chi connectivity index (χ0) is 21.5. The predicted octanol–water partition coefficient (Wildman–Crippen LogP) is 3.17. The van der Waals surface area contributed by atoms with E-state index in [1.807, 2.05) is 0 Å². The molecule has 4 rings (SSSR count). The molecule has 6 nitrogen and oxygen atoms in total. The summed E-state index contributed by atoms with van der Waals surface area (Å²) in [6, 6.07) is 8.77. The average Bonchev–Trinajstić information content (AvgIpc) is 3.11. The Balaban J connectivity index is 1.40. The summed E-state index contributed by atoms with van der Waals surface area (Å²) in [6.07, 6.45) is 0. The van der Waals surface area contributed by atoms with Crippen LogP contribution in [0.4, 0.5) is 9.52 Å². The number of sulfone groups is 1. The van der Waals surface area contributed by atoms with E-state index in [9.17, 15) is 17.6 Å². The van der Waals surface area contributed by atoms with E-state index >= 15 is 0 Å². The van der Waals surface area contributed by atoms with Crippen LogP contribution in [0.2, 0.25) is 0 Å². The van der Waals surface area contributed by atoms with Gasteiger partial charge in [-0.1, -0.05) is 11.3 Å². The fourth-order valence-corrected chi connectivity index (χ4v) is 5.75. The molecule has 1 fully saturated rings. The molecule has 9 heteroatoms. The second-order valence-corrected chi connectivity index (χ2v) is 10.5. The summed E-state index contributed by atoms with van der Waals surface area (Å²) in [5.74, 6) is -1.57. The number of fused-ring (bicyclic) bond motifs is 1. The molecule has 30 heavy (non-hydrogen) atoms. The van der Waals surface area contributed by atoms with Crippen molar-refractivity contribution in [2.45, 2.75) is 18.7 Å². The summed E-state index contributed by atoms with van der Waals surface area (Å²) < 4.78 is 39.1. The van der Waals surface area contributed by atoms with Crippen LogP contribution >= 0.6 is 11.3 Å². The van der Waals surface area contributed by atoms with Crippen LogP contribution in [0.3, 0.4) is 0 Å². The topological polar surface area (TPSA) is 70.6 Å². The third-order valence-corrected chi connectivity index (χ3v) is 8.08. The Kier molecular flexibility index (Phi) is 5.50. The molecular weight excluding hydrogens is 425 g/mol. The fourth-order valence-electron chi connectivity index (χ4n) is 3.43. The third kappa shape index (κ3) is 4.17. The quantitative estimate of drug-likeness (QED) is 0.575. The first kappa shape index (κ1) is 20.7. The van der Waals surface area contributed by atoms with Crippen molar-refractivity contribution < 1.29 is 17.6 Å². The highest BCUT2D eigenvalue weighted by molar-refractivity contribution is 7.92. The number of amides is 1. The van der Waals surface area contributed by atoms with Crippen LogP contribution in [0.25, 0.3) is 10.2 Å². The number of hydrogen-bond donors (Lipinski definition) is 0. The van der Waals surface area contributed by atoms with E-state index in [-0.39, 0.29) is 4.90 Å². The van der Waals surface area contributed by atoms with E-state index in [1.165, 1.54) is 23.3 Å². The van der Waals surface area contributed by atoms with E-state index in [0.717, 1.165) is 27.5 Å². The van der Waals surface area contributed by atoms with Gasteiger partial charge >= 0.3 is 0 Å². The third-order valence-electron chi connectivity index (χ3n) is 5.38. The van der Waals surface area contributed by atoms with Crippen molar-refractivity contribution in [3.63, 3.8) is 0 Å². The fraction of sp³-hybridized carbons (Fsp3) is 0.333. The van der Waals surface area contributed by atoms with Crippen molar-refractivity contribution in [2.24, 2.45) is 0 Å². The molecule has 1 aliphatic rings. The number of hydrogen-bond acceptors (Lipinski definition) is 6. The molecule has 2 heterocycles. The van der Waals surface area contributed by atoms with Gasteiger partial charge in [-0.2, -0.15) is 0 Å². The molecule has 2 aromatic carbocycles. The monoisotopic (exact) mass is 447 g/mol. The number of rotatable bonds is 4. The number of thiazole rings is 1. The van der Waals surface area contributed by atoms with Crippen LogP contribution in [-0.2, 0) is 14.6 Å². The van der Waals surface area contributed by atoms with Gasteiger partial charge in [-0.05, 0) is 61.4 Å².